The van der Waals surface area contributed by atoms with Crippen LogP contribution in [0.25, 0.3) is 0 Å². The summed E-state index contributed by atoms with van der Waals surface area (Å²) in [5.74, 6) is -2.67. The van der Waals surface area contributed by atoms with E-state index in [1.165, 1.54) is 0 Å². The number of hydrogen-bond donors (Lipinski definition) is 2. The third kappa shape index (κ3) is 3.19. The van der Waals surface area contributed by atoms with Crippen LogP contribution in [0.3, 0.4) is 0 Å². The van der Waals surface area contributed by atoms with Gasteiger partial charge in [-0.15, -0.1) is 5.10 Å². The molecule has 0 bridgehead atoms. The number of hydrogen-bond acceptors (Lipinski definition) is 4. The average molecular weight is 243 g/mol. The first kappa shape index (κ1) is 12.5. The molecule has 17 heavy (non-hydrogen) atoms. The lowest BCUT2D eigenvalue weighted by Gasteiger charge is -1.98. The fraction of sp³-hybridized carbons (Fsp3) is 0. The smallest absolute Gasteiger partial charge is 0.313 e. The van der Waals surface area contributed by atoms with Crippen LogP contribution in [0.2, 0.25) is 0 Å². The molecule has 0 saturated heterocycles. The lowest BCUT2D eigenvalue weighted by molar-refractivity contribution is -0.387. The second kappa shape index (κ2) is 4.96. The second-order valence-corrected chi connectivity index (χ2v) is 2.85. The van der Waals surface area contributed by atoms with Gasteiger partial charge in [-0.05, 0) is 6.07 Å². The zero-order chi connectivity index (χ0) is 13.0. The Bertz CT molecular complexity index is 511. The summed E-state index contributed by atoms with van der Waals surface area (Å²) >= 11 is 0. The van der Waals surface area contributed by atoms with E-state index in [4.69, 9.17) is 11.5 Å². The Kier molecular flexibility index (Phi) is 3.65. The number of rotatable bonds is 3. The molecule has 9 heteroatoms. The third-order valence-electron chi connectivity index (χ3n) is 1.61. The number of benzene rings is 1. The van der Waals surface area contributed by atoms with Gasteiger partial charge in [0.25, 0.3) is 0 Å². The SMILES string of the molecule is NC(N)=N/N=C/c1cc(F)cc(F)c1[N+](=O)[O-]. The van der Waals surface area contributed by atoms with Gasteiger partial charge in [0.2, 0.25) is 11.8 Å². The highest BCUT2D eigenvalue weighted by Crippen LogP contribution is 2.22. The van der Waals surface area contributed by atoms with Crippen molar-refractivity contribution in [1.29, 1.82) is 0 Å². The molecule has 0 amide bonds. The zero-order valence-electron chi connectivity index (χ0n) is 8.30. The van der Waals surface area contributed by atoms with Crippen LogP contribution in [0.5, 0.6) is 0 Å². The minimum absolute atomic E-state index is 0.377. The van der Waals surface area contributed by atoms with E-state index in [0.717, 1.165) is 12.3 Å². The summed E-state index contributed by atoms with van der Waals surface area (Å²) in [7, 11) is 0. The first-order valence-corrected chi connectivity index (χ1v) is 4.17. The van der Waals surface area contributed by atoms with Gasteiger partial charge in [-0.3, -0.25) is 10.1 Å². The van der Waals surface area contributed by atoms with Crippen molar-refractivity contribution in [3.8, 4) is 0 Å². The molecule has 1 aromatic rings. The Morgan fingerprint density at radius 1 is 1.41 bits per heavy atom. The molecule has 1 rings (SSSR count). The van der Waals surface area contributed by atoms with Crippen LogP contribution >= 0.6 is 0 Å². The van der Waals surface area contributed by atoms with E-state index in [1.807, 2.05) is 0 Å². The number of nitro groups is 1. The number of nitrogens with zero attached hydrogens (tertiary/aromatic N) is 3. The summed E-state index contributed by atoms with van der Waals surface area (Å²) in [6, 6.07) is 1.14. The Morgan fingerprint density at radius 3 is 2.59 bits per heavy atom. The highest BCUT2D eigenvalue weighted by atomic mass is 19.1. The topological polar surface area (TPSA) is 120 Å². The molecule has 0 fully saturated rings. The molecule has 0 unspecified atom stereocenters. The first-order valence-electron chi connectivity index (χ1n) is 4.17. The Morgan fingerprint density at radius 2 is 2.06 bits per heavy atom. The standard InChI is InChI=1S/C8H7F2N5O2/c9-5-1-4(3-13-14-8(11)12)7(15(16)17)6(10)2-5/h1-3H,(H4,11,12,14)/b13-3+. The van der Waals surface area contributed by atoms with Crippen molar-refractivity contribution in [2.45, 2.75) is 0 Å². The van der Waals surface area contributed by atoms with Crippen molar-refractivity contribution in [1.82, 2.24) is 0 Å². The van der Waals surface area contributed by atoms with Gasteiger partial charge in [-0.2, -0.15) is 9.49 Å². The van der Waals surface area contributed by atoms with E-state index < -0.39 is 22.2 Å². The molecule has 0 atom stereocenters. The van der Waals surface area contributed by atoms with Crippen LogP contribution in [0.1, 0.15) is 5.56 Å². The predicted octanol–water partition coefficient (Wildman–Crippen LogP) is 0.480. The minimum Gasteiger partial charge on any atom is -0.369 e. The maximum Gasteiger partial charge on any atom is 0.313 e. The third-order valence-corrected chi connectivity index (χ3v) is 1.61. The molecular weight excluding hydrogens is 236 g/mol. The van der Waals surface area contributed by atoms with E-state index >= 15 is 0 Å². The summed E-state index contributed by atoms with van der Waals surface area (Å²) in [5.41, 5.74) is 8.61. The summed E-state index contributed by atoms with van der Waals surface area (Å²) < 4.78 is 26.0. The van der Waals surface area contributed by atoms with E-state index in [9.17, 15) is 18.9 Å². The Labute approximate surface area is 93.6 Å². The molecule has 1 aromatic carbocycles. The van der Waals surface area contributed by atoms with Gasteiger partial charge in [0, 0.05) is 6.07 Å². The van der Waals surface area contributed by atoms with Gasteiger partial charge in [0.05, 0.1) is 16.7 Å². The van der Waals surface area contributed by atoms with Gasteiger partial charge < -0.3 is 11.5 Å². The van der Waals surface area contributed by atoms with Crippen LogP contribution < -0.4 is 11.5 Å². The molecule has 90 valence electrons. The molecule has 0 aromatic heterocycles. The number of halogens is 2. The maximum atomic E-state index is 13.1. The highest BCUT2D eigenvalue weighted by Gasteiger charge is 2.20. The fourth-order valence-corrected chi connectivity index (χ4v) is 1.03. The molecule has 0 aliphatic heterocycles. The Balaban J connectivity index is 3.26. The molecule has 0 aliphatic rings. The minimum atomic E-state index is -1.30. The normalized spacial score (nSPS) is 10.5. The van der Waals surface area contributed by atoms with Crippen LogP contribution in [-0.2, 0) is 0 Å². The highest BCUT2D eigenvalue weighted by molar-refractivity contribution is 5.86. The van der Waals surface area contributed by atoms with Gasteiger partial charge in [-0.25, -0.2) is 4.39 Å². The number of guanidine groups is 1. The van der Waals surface area contributed by atoms with Crippen LogP contribution in [-0.4, -0.2) is 17.1 Å². The van der Waals surface area contributed by atoms with E-state index in [0.29, 0.717) is 6.07 Å². The average Bonchev–Trinajstić information content (AvgIpc) is 2.14. The largest absolute Gasteiger partial charge is 0.369 e. The monoisotopic (exact) mass is 243 g/mol. The molecule has 0 aliphatic carbocycles. The van der Waals surface area contributed by atoms with Gasteiger partial charge in [-0.1, -0.05) is 0 Å². The molecule has 0 radical (unpaired) electrons. The molecule has 7 nitrogen and oxygen atoms in total. The van der Waals surface area contributed by atoms with Crippen molar-refractivity contribution >= 4 is 17.9 Å². The predicted molar refractivity (Wildman–Crippen MR) is 56.4 cm³/mol. The van der Waals surface area contributed by atoms with Crippen molar-refractivity contribution < 1.29 is 13.7 Å². The zero-order valence-corrected chi connectivity index (χ0v) is 8.30. The lowest BCUT2D eigenvalue weighted by Crippen LogP contribution is -2.21. The quantitative estimate of drug-likeness (QED) is 0.347. The molecule has 0 spiro atoms. The van der Waals surface area contributed by atoms with E-state index in [1.54, 1.807) is 0 Å². The fourth-order valence-electron chi connectivity index (χ4n) is 1.03. The van der Waals surface area contributed by atoms with Gasteiger partial charge >= 0.3 is 5.69 Å². The second-order valence-electron chi connectivity index (χ2n) is 2.85. The van der Waals surface area contributed by atoms with Crippen molar-refractivity contribution in [3.05, 3.63) is 39.4 Å². The van der Waals surface area contributed by atoms with Gasteiger partial charge in [0.1, 0.15) is 5.82 Å². The molecule has 4 N–H and O–H groups in total. The molecular formula is C8H7F2N5O2. The number of nitrogens with two attached hydrogens (primary N) is 2. The first-order chi connectivity index (χ1) is 7.91. The van der Waals surface area contributed by atoms with Crippen molar-refractivity contribution in [3.63, 3.8) is 0 Å². The van der Waals surface area contributed by atoms with Crippen molar-refractivity contribution in [2.75, 3.05) is 0 Å². The lowest BCUT2D eigenvalue weighted by atomic mass is 10.2. The van der Waals surface area contributed by atoms with E-state index in [2.05, 4.69) is 10.2 Å². The number of nitro benzene ring substituents is 1. The van der Waals surface area contributed by atoms with Crippen LogP contribution in [0.4, 0.5) is 14.5 Å². The molecule has 0 saturated carbocycles. The summed E-state index contributed by atoms with van der Waals surface area (Å²) in [6.07, 6.45) is 0.782. The van der Waals surface area contributed by atoms with Crippen LogP contribution in [0.15, 0.2) is 22.3 Å². The van der Waals surface area contributed by atoms with Gasteiger partial charge in [0.15, 0.2) is 0 Å². The molecule has 0 heterocycles. The van der Waals surface area contributed by atoms with Crippen molar-refractivity contribution in [2.24, 2.45) is 21.7 Å². The van der Waals surface area contributed by atoms with E-state index in [-0.39, 0.29) is 11.5 Å². The summed E-state index contributed by atoms with van der Waals surface area (Å²) in [4.78, 5) is 9.55. The van der Waals surface area contributed by atoms with Crippen LogP contribution in [0, 0.1) is 21.7 Å². The summed E-state index contributed by atoms with van der Waals surface area (Å²) in [6.45, 7) is 0. The Hall–Kier alpha value is -2.58. The maximum absolute atomic E-state index is 13.1. The summed E-state index contributed by atoms with van der Waals surface area (Å²) in [5, 5.41) is 16.9.